The fourth-order valence-corrected chi connectivity index (χ4v) is 2.96. The minimum Gasteiger partial charge on any atom is -0.477 e. The number of carboxylic acid groups (broad SMARTS) is 1. The van der Waals surface area contributed by atoms with Crippen molar-refractivity contribution in [3.8, 4) is 5.69 Å². The van der Waals surface area contributed by atoms with Crippen molar-refractivity contribution in [2.75, 3.05) is 0 Å². The Kier molecular flexibility index (Phi) is 3.74. The molecule has 0 fully saturated rings. The second kappa shape index (κ2) is 5.57. The smallest absolute Gasteiger partial charge is 0.341 e. The Morgan fingerprint density at radius 1 is 1.14 bits per heavy atom. The highest BCUT2D eigenvalue weighted by molar-refractivity contribution is 14.1. The number of carbonyl (C=O) groups is 1. The Bertz CT molecular complexity index is 960. The van der Waals surface area contributed by atoms with Crippen LogP contribution in [-0.2, 0) is 0 Å². The Morgan fingerprint density at radius 2 is 1.86 bits per heavy atom. The molecule has 22 heavy (non-hydrogen) atoms. The molecule has 0 aliphatic rings. The van der Waals surface area contributed by atoms with Crippen LogP contribution in [0.2, 0.25) is 0 Å². The van der Waals surface area contributed by atoms with Crippen LogP contribution in [0.1, 0.15) is 15.9 Å². The molecule has 0 saturated heterocycles. The molecule has 0 amide bonds. The predicted molar refractivity (Wildman–Crippen MR) is 94.0 cm³/mol. The third-order valence-electron chi connectivity index (χ3n) is 3.55. The lowest BCUT2D eigenvalue weighted by Gasteiger charge is -2.14. The first kappa shape index (κ1) is 14.8. The average molecular weight is 405 g/mol. The normalized spacial score (nSPS) is 10.8. The molecule has 1 N–H and O–H groups in total. The summed E-state index contributed by atoms with van der Waals surface area (Å²) >= 11 is 2.17. The molecule has 0 unspecified atom stereocenters. The van der Waals surface area contributed by atoms with E-state index >= 15 is 0 Å². The summed E-state index contributed by atoms with van der Waals surface area (Å²) in [5.41, 5.74) is 1.57. The average Bonchev–Trinajstić information content (AvgIpc) is 2.48. The number of aromatic carboxylic acids is 1. The van der Waals surface area contributed by atoms with Gasteiger partial charge in [-0.05, 0) is 64.7 Å². The molecule has 0 aliphatic carbocycles. The minimum absolute atomic E-state index is 0.225. The van der Waals surface area contributed by atoms with E-state index in [9.17, 15) is 14.7 Å². The molecule has 110 valence electrons. The molecule has 3 aromatic rings. The second-order valence-electron chi connectivity index (χ2n) is 4.99. The van der Waals surface area contributed by atoms with Crippen molar-refractivity contribution in [2.24, 2.45) is 0 Å². The molecule has 0 bridgehead atoms. The summed E-state index contributed by atoms with van der Waals surface area (Å²) in [6.45, 7) is 1.90. The number of hydrogen-bond acceptors (Lipinski definition) is 2. The molecule has 3 rings (SSSR count). The number of rotatable bonds is 2. The number of carboxylic acids is 1. The number of halogens is 1. The number of aryl methyl sites for hydroxylation is 1. The van der Waals surface area contributed by atoms with E-state index in [1.165, 1.54) is 10.6 Å². The van der Waals surface area contributed by atoms with Crippen LogP contribution >= 0.6 is 22.6 Å². The molecule has 0 spiro atoms. The quantitative estimate of drug-likeness (QED) is 0.663. The maximum absolute atomic E-state index is 12.7. The number of aromatic nitrogens is 1. The molecule has 0 atom stereocenters. The Morgan fingerprint density at radius 3 is 2.55 bits per heavy atom. The van der Waals surface area contributed by atoms with Crippen molar-refractivity contribution in [3.05, 3.63) is 73.6 Å². The van der Waals surface area contributed by atoms with Gasteiger partial charge in [-0.15, -0.1) is 0 Å². The lowest BCUT2D eigenvalue weighted by atomic mass is 10.1. The Balaban J connectivity index is 2.53. The van der Waals surface area contributed by atoms with Crippen molar-refractivity contribution >= 4 is 39.5 Å². The standard InChI is InChI=1S/C17H12INO3/c1-10-4-2-3-5-14(10)19-15-9-12(18)7-6-11(15)8-13(16(19)20)17(21)22/h2-9H,1H3,(H,21,22). The maximum atomic E-state index is 12.7. The molecule has 0 saturated carbocycles. The molecule has 5 heteroatoms. The van der Waals surface area contributed by atoms with Gasteiger partial charge in [-0.2, -0.15) is 0 Å². The summed E-state index contributed by atoms with van der Waals surface area (Å²) in [6, 6.07) is 14.5. The maximum Gasteiger partial charge on any atom is 0.341 e. The molecular formula is C17H12INO3. The van der Waals surface area contributed by atoms with Gasteiger partial charge < -0.3 is 5.11 Å². The van der Waals surface area contributed by atoms with E-state index in [1.807, 2.05) is 49.4 Å². The zero-order chi connectivity index (χ0) is 15.9. The number of benzene rings is 2. The van der Waals surface area contributed by atoms with Crippen LogP contribution in [0.25, 0.3) is 16.6 Å². The second-order valence-corrected chi connectivity index (χ2v) is 6.24. The third-order valence-corrected chi connectivity index (χ3v) is 4.22. The largest absolute Gasteiger partial charge is 0.477 e. The van der Waals surface area contributed by atoms with Gasteiger partial charge in [0.25, 0.3) is 5.56 Å². The van der Waals surface area contributed by atoms with Crippen LogP contribution < -0.4 is 5.56 Å². The fourth-order valence-electron chi connectivity index (χ4n) is 2.49. The highest BCUT2D eigenvalue weighted by Crippen LogP contribution is 2.22. The van der Waals surface area contributed by atoms with Gasteiger partial charge in [0.2, 0.25) is 0 Å². The van der Waals surface area contributed by atoms with Gasteiger partial charge >= 0.3 is 5.97 Å². The molecule has 1 aromatic heterocycles. The van der Waals surface area contributed by atoms with Gasteiger partial charge in [-0.1, -0.05) is 24.3 Å². The van der Waals surface area contributed by atoms with E-state index in [4.69, 9.17) is 0 Å². The van der Waals surface area contributed by atoms with E-state index in [1.54, 1.807) is 0 Å². The topological polar surface area (TPSA) is 59.3 Å². The molecule has 1 heterocycles. The predicted octanol–water partition coefficient (Wildman–Crippen LogP) is 3.60. The van der Waals surface area contributed by atoms with Gasteiger partial charge in [0, 0.05) is 3.57 Å². The van der Waals surface area contributed by atoms with Gasteiger partial charge in [0.15, 0.2) is 0 Å². The SMILES string of the molecule is Cc1ccccc1-n1c(=O)c(C(=O)O)cc2ccc(I)cc21. The highest BCUT2D eigenvalue weighted by atomic mass is 127. The minimum atomic E-state index is -1.22. The summed E-state index contributed by atoms with van der Waals surface area (Å²) in [5, 5.41) is 10.0. The van der Waals surface area contributed by atoms with E-state index in [0.717, 1.165) is 14.5 Å². The Labute approximate surface area is 140 Å². The first-order chi connectivity index (χ1) is 10.5. The summed E-state index contributed by atoms with van der Waals surface area (Å²) in [4.78, 5) is 24.1. The first-order valence-electron chi connectivity index (χ1n) is 6.63. The number of nitrogens with zero attached hydrogens (tertiary/aromatic N) is 1. The van der Waals surface area contributed by atoms with Crippen LogP contribution in [-0.4, -0.2) is 15.6 Å². The summed E-state index contributed by atoms with van der Waals surface area (Å²) < 4.78 is 2.46. The summed E-state index contributed by atoms with van der Waals surface area (Å²) in [6.07, 6.45) is 0. The van der Waals surface area contributed by atoms with Gasteiger partial charge in [-0.3, -0.25) is 9.36 Å². The van der Waals surface area contributed by atoms with E-state index < -0.39 is 11.5 Å². The van der Waals surface area contributed by atoms with E-state index in [0.29, 0.717) is 11.2 Å². The van der Waals surface area contributed by atoms with Crippen LogP contribution in [0.3, 0.4) is 0 Å². The van der Waals surface area contributed by atoms with Crippen molar-refractivity contribution in [2.45, 2.75) is 6.92 Å². The van der Waals surface area contributed by atoms with Crippen molar-refractivity contribution in [1.29, 1.82) is 0 Å². The first-order valence-corrected chi connectivity index (χ1v) is 7.71. The van der Waals surface area contributed by atoms with Crippen molar-refractivity contribution in [1.82, 2.24) is 4.57 Å². The molecular weight excluding hydrogens is 393 g/mol. The monoisotopic (exact) mass is 405 g/mol. The number of para-hydroxylation sites is 1. The number of fused-ring (bicyclic) bond motifs is 1. The van der Waals surface area contributed by atoms with Crippen LogP contribution in [0.15, 0.2) is 53.3 Å². The molecule has 2 aromatic carbocycles. The molecule has 4 nitrogen and oxygen atoms in total. The van der Waals surface area contributed by atoms with Crippen molar-refractivity contribution < 1.29 is 9.90 Å². The Hall–Kier alpha value is -2.15. The zero-order valence-corrected chi connectivity index (χ0v) is 13.9. The van der Waals surface area contributed by atoms with Crippen molar-refractivity contribution in [3.63, 3.8) is 0 Å². The summed E-state index contributed by atoms with van der Waals surface area (Å²) in [7, 11) is 0. The van der Waals surface area contributed by atoms with Crippen LogP contribution in [0.4, 0.5) is 0 Å². The molecule has 0 radical (unpaired) electrons. The lowest BCUT2D eigenvalue weighted by Crippen LogP contribution is -2.26. The fraction of sp³-hybridized carbons (Fsp3) is 0.0588. The highest BCUT2D eigenvalue weighted by Gasteiger charge is 2.16. The number of pyridine rings is 1. The van der Waals surface area contributed by atoms with Gasteiger partial charge in [0.1, 0.15) is 5.56 Å². The number of hydrogen-bond donors (Lipinski definition) is 1. The van der Waals surface area contributed by atoms with E-state index in [-0.39, 0.29) is 5.56 Å². The van der Waals surface area contributed by atoms with E-state index in [2.05, 4.69) is 22.6 Å². The zero-order valence-electron chi connectivity index (χ0n) is 11.7. The van der Waals surface area contributed by atoms with Gasteiger partial charge in [-0.25, -0.2) is 4.79 Å². The lowest BCUT2D eigenvalue weighted by molar-refractivity contribution is 0.0695. The summed E-state index contributed by atoms with van der Waals surface area (Å²) in [5.74, 6) is -1.22. The third kappa shape index (κ3) is 2.41. The van der Waals surface area contributed by atoms with Gasteiger partial charge in [0.05, 0.1) is 11.2 Å². The van der Waals surface area contributed by atoms with Crippen LogP contribution in [0.5, 0.6) is 0 Å². The van der Waals surface area contributed by atoms with Crippen LogP contribution in [0, 0.1) is 10.5 Å². The molecule has 0 aliphatic heterocycles.